The van der Waals surface area contributed by atoms with Gasteiger partial charge in [-0.25, -0.2) is 4.79 Å². The smallest absolute Gasteiger partial charge is 0.375 e. The Morgan fingerprint density at radius 2 is 1.92 bits per heavy atom. The second kappa shape index (κ2) is 8.19. The number of carbonyl (C=O) groups is 2. The van der Waals surface area contributed by atoms with Crippen LogP contribution < -0.4 is 4.74 Å². The first-order valence-electron chi connectivity index (χ1n) is 7.75. The molecule has 0 unspecified atom stereocenters. The summed E-state index contributed by atoms with van der Waals surface area (Å²) in [6, 6.07) is 5.25. The number of carbonyl (C=O) groups excluding carboxylic acids is 2. The summed E-state index contributed by atoms with van der Waals surface area (Å²) in [5.41, 5.74) is 1.19. The number of furan rings is 1. The van der Waals surface area contributed by atoms with Gasteiger partial charge in [0.1, 0.15) is 11.3 Å². The van der Waals surface area contributed by atoms with Crippen molar-refractivity contribution in [1.29, 1.82) is 0 Å². The van der Waals surface area contributed by atoms with Gasteiger partial charge in [0.25, 0.3) is 5.91 Å². The lowest BCUT2D eigenvalue weighted by Gasteiger charge is -2.18. The van der Waals surface area contributed by atoms with Gasteiger partial charge < -0.3 is 18.8 Å². The van der Waals surface area contributed by atoms with E-state index in [9.17, 15) is 9.59 Å². The van der Waals surface area contributed by atoms with Crippen LogP contribution in [0.1, 0.15) is 16.1 Å². The molecule has 0 N–H and O–H groups in total. The molecule has 0 fully saturated rings. The number of rotatable bonds is 8. The topological polar surface area (TPSA) is 69.0 Å². The number of benzene rings is 1. The van der Waals surface area contributed by atoms with Crippen molar-refractivity contribution in [3.63, 3.8) is 0 Å². The van der Waals surface area contributed by atoms with Gasteiger partial charge in [0, 0.05) is 24.0 Å². The first-order valence-corrected chi connectivity index (χ1v) is 7.75. The van der Waals surface area contributed by atoms with Crippen LogP contribution in [0.4, 0.5) is 0 Å². The van der Waals surface area contributed by atoms with Crippen LogP contribution in [0.3, 0.4) is 0 Å². The van der Waals surface area contributed by atoms with Gasteiger partial charge in [-0.1, -0.05) is 12.2 Å². The van der Waals surface area contributed by atoms with Crippen molar-refractivity contribution in [2.75, 3.05) is 26.8 Å². The minimum atomic E-state index is -0.682. The summed E-state index contributed by atoms with van der Waals surface area (Å²) in [5.74, 6) is -0.271. The van der Waals surface area contributed by atoms with Gasteiger partial charge in [-0.2, -0.15) is 0 Å². The fourth-order valence-corrected chi connectivity index (χ4v) is 2.40. The molecular formula is C19H21NO5. The molecule has 0 aliphatic rings. The van der Waals surface area contributed by atoms with Crippen molar-refractivity contribution in [1.82, 2.24) is 4.90 Å². The second-order valence-electron chi connectivity index (χ2n) is 5.37. The monoisotopic (exact) mass is 343 g/mol. The molecule has 0 bridgehead atoms. The molecule has 6 nitrogen and oxygen atoms in total. The lowest BCUT2D eigenvalue weighted by molar-refractivity contribution is -0.133. The Morgan fingerprint density at radius 1 is 1.24 bits per heavy atom. The van der Waals surface area contributed by atoms with Crippen LogP contribution in [-0.2, 0) is 9.53 Å². The van der Waals surface area contributed by atoms with Crippen molar-refractivity contribution in [2.24, 2.45) is 0 Å². The number of hydrogen-bond acceptors (Lipinski definition) is 5. The molecule has 1 heterocycles. The third-order valence-electron chi connectivity index (χ3n) is 3.71. The SMILES string of the molecule is C=CCN(CC=C)C(=O)COC(=O)c1oc2ccc(OC)cc2c1C. The standard InChI is InChI=1S/C19H21NO5/c1-5-9-20(10-6-2)17(21)12-24-19(22)18-13(3)15-11-14(23-4)7-8-16(15)25-18/h5-8,11H,1-2,9-10,12H2,3-4H3. The van der Waals surface area contributed by atoms with E-state index < -0.39 is 5.97 Å². The molecule has 1 aromatic heterocycles. The summed E-state index contributed by atoms with van der Waals surface area (Å²) >= 11 is 0. The molecule has 0 atom stereocenters. The number of aryl methyl sites for hydroxylation is 1. The number of ether oxygens (including phenoxy) is 2. The highest BCUT2D eigenvalue weighted by Gasteiger charge is 2.21. The number of esters is 1. The van der Waals surface area contributed by atoms with Crippen molar-refractivity contribution >= 4 is 22.8 Å². The number of nitrogens with zero attached hydrogens (tertiary/aromatic N) is 1. The van der Waals surface area contributed by atoms with Crippen molar-refractivity contribution in [3.05, 3.63) is 54.8 Å². The molecule has 2 rings (SSSR count). The van der Waals surface area contributed by atoms with Crippen molar-refractivity contribution in [3.8, 4) is 5.75 Å². The molecule has 25 heavy (non-hydrogen) atoms. The Bertz CT molecular complexity index is 795. The maximum atomic E-state index is 12.3. The van der Waals surface area contributed by atoms with E-state index in [4.69, 9.17) is 13.9 Å². The summed E-state index contributed by atoms with van der Waals surface area (Å²) < 4.78 is 15.8. The van der Waals surface area contributed by atoms with Gasteiger partial charge in [0.05, 0.1) is 7.11 Å². The number of fused-ring (bicyclic) bond motifs is 1. The maximum absolute atomic E-state index is 12.3. The summed E-state index contributed by atoms with van der Waals surface area (Å²) in [5, 5.41) is 0.762. The molecule has 0 aliphatic heterocycles. The highest BCUT2D eigenvalue weighted by molar-refractivity contribution is 5.97. The molecule has 0 aliphatic carbocycles. The third-order valence-corrected chi connectivity index (χ3v) is 3.71. The Hall–Kier alpha value is -3.02. The molecule has 1 amide bonds. The molecule has 6 heteroatoms. The summed E-state index contributed by atoms with van der Waals surface area (Å²) in [6.45, 7) is 9.28. The first-order chi connectivity index (χ1) is 12.0. The average molecular weight is 343 g/mol. The quantitative estimate of drug-likeness (QED) is 0.544. The third kappa shape index (κ3) is 4.09. The summed E-state index contributed by atoms with van der Waals surface area (Å²) in [6.07, 6.45) is 3.19. The van der Waals surface area contributed by atoms with Crippen molar-refractivity contribution < 1.29 is 23.5 Å². The van der Waals surface area contributed by atoms with E-state index in [0.717, 1.165) is 5.39 Å². The zero-order chi connectivity index (χ0) is 18.4. The van der Waals surface area contributed by atoms with E-state index in [1.807, 2.05) is 0 Å². The molecule has 2 aromatic rings. The average Bonchev–Trinajstić information content (AvgIpc) is 2.95. The number of amides is 1. The largest absolute Gasteiger partial charge is 0.497 e. The fourth-order valence-electron chi connectivity index (χ4n) is 2.40. The highest BCUT2D eigenvalue weighted by atomic mass is 16.5. The van der Waals surface area contributed by atoms with Gasteiger partial charge >= 0.3 is 5.97 Å². The van der Waals surface area contributed by atoms with Gasteiger partial charge in [-0.3, -0.25) is 4.79 Å². The van der Waals surface area contributed by atoms with Crippen LogP contribution in [0.25, 0.3) is 11.0 Å². The molecular weight excluding hydrogens is 322 g/mol. The zero-order valence-electron chi connectivity index (χ0n) is 14.4. The summed E-state index contributed by atoms with van der Waals surface area (Å²) in [7, 11) is 1.57. The lowest BCUT2D eigenvalue weighted by atomic mass is 10.1. The Kier molecular flexibility index (Phi) is 6.00. The van der Waals surface area contributed by atoms with E-state index in [-0.39, 0.29) is 18.3 Å². The van der Waals surface area contributed by atoms with Crippen LogP contribution >= 0.6 is 0 Å². The molecule has 1 aromatic carbocycles. The predicted octanol–water partition coefficient (Wildman–Crippen LogP) is 3.11. The predicted molar refractivity (Wildman–Crippen MR) is 94.8 cm³/mol. The van der Waals surface area contributed by atoms with Crippen LogP contribution in [0.15, 0.2) is 47.9 Å². The second-order valence-corrected chi connectivity index (χ2v) is 5.37. The molecule has 0 spiro atoms. The van der Waals surface area contributed by atoms with Crippen LogP contribution in [0, 0.1) is 6.92 Å². The maximum Gasteiger partial charge on any atom is 0.375 e. The normalized spacial score (nSPS) is 10.3. The van der Waals surface area contributed by atoms with Crippen LogP contribution in [0.2, 0.25) is 0 Å². The van der Waals surface area contributed by atoms with Gasteiger partial charge in [0.15, 0.2) is 6.61 Å². The van der Waals surface area contributed by atoms with Gasteiger partial charge in [-0.05, 0) is 25.1 Å². The minimum absolute atomic E-state index is 0.0787. The number of hydrogen-bond donors (Lipinski definition) is 0. The Morgan fingerprint density at radius 3 is 2.52 bits per heavy atom. The summed E-state index contributed by atoms with van der Waals surface area (Å²) in [4.78, 5) is 25.9. The van der Waals surface area contributed by atoms with E-state index in [0.29, 0.717) is 30.0 Å². The zero-order valence-corrected chi connectivity index (χ0v) is 14.4. The van der Waals surface area contributed by atoms with E-state index >= 15 is 0 Å². The van der Waals surface area contributed by atoms with E-state index in [1.54, 1.807) is 44.4 Å². The van der Waals surface area contributed by atoms with Crippen LogP contribution in [0.5, 0.6) is 5.75 Å². The van der Waals surface area contributed by atoms with Gasteiger partial charge in [-0.15, -0.1) is 13.2 Å². The van der Waals surface area contributed by atoms with Crippen LogP contribution in [-0.4, -0.2) is 43.6 Å². The number of methoxy groups -OCH3 is 1. The lowest BCUT2D eigenvalue weighted by Crippen LogP contribution is -2.35. The van der Waals surface area contributed by atoms with Gasteiger partial charge in [0.2, 0.25) is 5.76 Å². The molecule has 0 saturated heterocycles. The Labute approximate surface area is 146 Å². The molecule has 132 valence electrons. The van der Waals surface area contributed by atoms with E-state index in [1.165, 1.54) is 4.90 Å². The minimum Gasteiger partial charge on any atom is -0.497 e. The first kappa shape index (κ1) is 18.3. The Balaban J connectivity index is 2.11. The highest BCUT2D eigenvalue weighted by Crippen LogP contribution is 2.29. The molecule has 0 radical (unpaired) electrons. The fraction of sp³-hybridized carbons (Fsp3) is 0.263. The van der Waals surface area contributed by atoms with Crippen molar-refractivity contribution in [2.45, 2.75) is 6.92 Å². The molecule has 0 saturated carbocycles. The van der Waals surface area contributed by atoms with E-state index in [2.05, 4.69) is 13.2 Å².